The number of nitriles is 1. The molecule has 1 aliphatic rings. The zero-order valence-electron chi connectivity index (χ0n) is 11.1. The van der Waals surface area contributed by atoms with Crippen LogP contribution in [0.15, 0.2) is 12.1 Å². The molecule has 1 aromatic carbocycles. The van der Waals surface area contributed by atoms with Gasteiger partial charge in [0.05, 0.1) is 22.5 Å². The first-order valence-electron chi connectivity index (χ1n) is 6.09. The van der Waals surface area contributed by atoms with Crippen LogP contribution in [0.3, 0.4) is 0 Å². The van der Waals surface area contributed by atoms with Crippen LogP contribution >= 0.6 is 59.6 Å². The molecule has 2 rings (SSSR count). The van der Waals surface area contributed by atoms with Gasteiger partial charge in [0, 0.05) is 37.2 Å². The number of nitrogens with zero attached hydrogens (tertiary/aromatic N) is 2. The minimum absolute atomic E-state index is 0. The van der Waals surface area contributed by atoms with Gasteiger partial charge in [-0.25, -0.2) is 0 Å². The normalized spacial score (nSPS) is 16.3. The van der Waals surface area contributed by atoms with Crippen LogP contribution in [-0.2, 0) is 0 Å². The van der Waals surface area contributed by atoms with Gasteiger partial charge in [-0.1, -0.05) is 34.8 Å². The lowest BCUT2D eigenvalue weighted by Crippen LogP contribution is -2.45. The van der Waals surface area contributed by atoms with E-state index in [9.17, 15) is 0 Å². The van der Waals surface area contributed by atoms with Crippen LogP contribution in [-0.4, -0.2) is 31.1 Å². The molecule has 0 spiro atoms. The van der Waals surface area contributed by atoms with E-state index in [0.29, 0.717) is 21.5 Å². The van der Waals surface area contributed by atoms with Crippen molar-refractivity contribution in [1.29, 1.82) is 5.26 Å². The predicted molar refractivity (Wildman–Crippen MR) is 93.4 cm³/mol. The van der Waals surface area contributed by atoms with Gasteiger partial charge in [0.1, 0.15) is 0 Å². The van der Waals surface area contributed by atoms with Gasteiger partial charge in [-0.2, -0.15) is 5.26 Å². The summed E-state index contributed by atoms with van der Waals surface area (Å²) in [5.74, 6) is 0. The number of piperazine rings is 1. The summed E-state index contributed by atoms with van der Waals surface area (Å²) in [6, 6.07) is 5.59. The molecular formula is C13H16Cl5N3. The maximum atomic E-state index is 9.06. The largest absolute Gasteiger partial charge is 0.314 e. The average molecular weight is 392 g/mol. The van der Waals surface area contributed by atoms with Crippen molar-refractivity contribution >= 4 is 59.6 Å². The lowest BCUT2D eigenvalue weighted by Gasteiger charge is -2.34. The van der Waals surface area contributed by atoms with Crippen LogP contribution in [0.4, 0.5) is 0 Å². The smallest absolute Gasteiger partial charge is 0.0641 e. The Morgan fingerprint density at radius 3 is 2.38 bits per heavy atom. The molecule has 0 radical (unpaired) electrons. The molecule has 0 amide bonds. The Bertz CT molecular complexity index is 497. The molecule has 0 aromatic heterocycles. The number of halogens is 5. The van der Waals surface area contributed by atoms with Crippen molar-refractivity contribution in [3.63, 3.8) is 0 Å². The average Bonchev–Trinajstić information content (AvgIpc) is 2.41. The predicted octanol–water partition coefficient (Wildman–Crippen LogP) is 4.35. The fourth-order valence-electron chi connectivity index (χ4n) is 2.33. The van der Waals surface area contributed by atoms with Crippen molar-refractivity contribution in [2.24, 2.45) is 0 Å². The lowest BCUT2D eigenvalue weighted by molar-refractivity contribution is 0.175. The highest BCUT2D eigenvalue weighted by Gasteiger charge is 2.25. The summed E-state index contributed by atoms with van der Waals surface area (Å²) in [7, 11) is 0. The number of benzene rings is 1. The highest BCUT2D eigenvalue weighted by molar-refractivity contribution is 6.43. The van der Waals surface area contributed by atoms with Gasteiger partial charge in [-0.15, -0.1) is 24.8 Å². The summed E-state index contributed by atoms with van der Waals surface area (Å²) >= 11 is 18.4. The van der Waals surface area contributed by atoms with Crippen molar-refractivity contribution in [2.45, 2.75) is 12.5 Å². The van der Waals surface area contributed by atoms with Crippen LogP contribution in [0.5, 0.6) is 0 Å². The molecule has 0 bridgehead atoms. The first-order chi connectivity index (χ1) is 9.13. The quantitative estimate of drug-likeness (QED) is 0.779. The first kappa shape index (κ1) is 21.1. The van der Waals surface area contributed by atoms with Crippen LogP contribution in [0.25, 0.3) is 0 Å². The van der Waals surface area contributed by atoms with Crippen LogP contribution in [0, 0.1) is 11.3 Å². The summed E-state index contributed by atoms with van der Waals surface area (Å²) in [6.07, 6.45) is 0.371. The van der Waals surface area contributed by atoms with E-state index in [4.69, 9.17) is 40.1 Å². The molecule has 1 saturated heterocycles. The van der Waals surface area contributed by atoms with E-state index in [2.05, 4.69) is 16.3 Å². The van der Waals surface area contributed by atoms with Crippen molar-refractivity contribution in [3.8, 4) is 6.07 Å². The van der Waals surface area contributed by atoms with Crippen LogP contribution in [0.2, 0.25) is 15.1 Å². The van der Waals surface area contributed by atoms with E-state index in [1.165, 1.54) is 0 Å². The zero-order valence-corrected chi connectivity index (χ0v) is 15.0. The summed E-state index contributed by atoms with van der Waals surface area (Å²) in [5.41, 5.74) is 0.836. The van der Waals surface area contributed by atoms with Crippen molar-refractivity contribution < 1.29 is 0 Å². The fraction of sp³-hybridized carbons (Fsp3) is 0.462. The van der Waals surface area contributed by atoms with E-state index in [-0.39, 0.29) is 30.9 Å². The summed E-state index contributed by atoms with van der Waals surface area (Å²) in [6.45, 7) is 3.58. The molecule has 1 fully saturated rings. The number of hydrogen-bond acceptors (Lipinski definition) is 3. The SMILES string of the molecule is Cl.Cl.N#CC[C@H](c1cc(Cl)cc(Cl)c1Cl)N1CCNCC1. The van der Waals surface area contributed by atoms with Gasteiger partial charge < -0.3 is 5.32 Å². The summed E-state index contributed by atoms with van der Waals surface area (Å²) in [4.78, 5) is 2.24. The Balaban J connectivity index is 0.00000200. The second kappa shape index (κ2) is 9.97. The standard InChI is InChI=1S/C13H14Cl3N3.2ClH/c14-9-7-10(13(16)11(15)8-9)12(1-2-17)19-5-3-18-4-6-19;;/h7-8,12,18H,1,3-6H2;2*1H/t12-;;/m1../s1. The molecule has 118 valence electrons. The molecule has 1 aliphatic heterocycles. The van der Waals surface area contributed by atoms with E-state index >= 15 is 0 Å². The molecule has 21 heavy (non-hydrogen) atoms. The molecule has 1 heterocycles. The Morgan fingerprint density at radius 2 is 1.81 bits per heavy atom. The maximum absolute atomic E-state index is 9.06. The molecule has 0 aliphatic carbocycles. The summed E-state index contributed by atoms with van der Waals surface area (Å²) < 4.78 is 0. The van der Waals surface area contributed by atoms with Gasteiger partial charge in [0.15, 0.2) is 0 Å². The van der Waals surface area contributed by atoms with E-state index in [1.54, 1.807) is 12.1 Å². The molecule has 1 N–H and O–H groups in total. The Hall–Kier alpha value is 0.0800. The monoisotopic (exact) mass is 389 g/mol. The lowest BCUT2D eigenvalue weighted by atomic mass is 10.0. The molecular weight excluding hydrogens is 375 g/mol. The summed E-state index contributed by atoms with van der Waals surface area (Å²) in [5, 5.41) is 13.8. The number of nitrogens with one attached hydrogen (secondary N) is 1. The molecule has 8 heteroatoms. The van der Waals surface area contributed by atoms with Gasteiger partial charge in [0.2, 0.25) is 0 Å². The topological polar surface area (TPSA) is 39.1 Å². The van der Waals surface area contributed by atoms with Gasteiger partial charge in [0.25, 0.3) is 0 Å². The number of rotatable bonds is 3. The van der Waals surface area contributed by atoms with E-state index in [0.717, 1.165) is 31.7 Å². The van der Waals surface area contributed by atoms with Gasteiger partial charge in [-0.3, -0.25) is 4.90 Å². The maximum Gasteiger partial charge on any atom is 0.0641 e. The number of hydrogen-bond donors (Lipinski definition) is 1. The molecule has 1 atom stereocenters. The highest BCUT2D eigenvalue weighted by atomic mass is 35.5. The fourth-order valence-corrected chi connectivity index (χ4v) is 3.08. The van der Waals surface area contributed by atoms with E-state index < -0.39 is 0 Å². The first-order valence-corrected chi connectivity index (χ1v) is 7.23. The van der Waals surface area contributed by atoms with Gasteiger partial charge in [-0.05, 0) is 17.7 Å². The third kappa shape index (κ3) is 5.33. The Kier molecular flexibility index (Phi) is 10.0. The highest BCUT2D eigenvalue weighted by Crippen LogP contribution is 2.37. The minimum Gasteiger partial charge on any atom is -0.314 e. The zero-order chi connectivity index (χ0) is 13.8. The van der Waals surface area contributed by atoms with Crippen molar-refractivity contribution in [1.82, 2.24) is 10.2 Å². The van der Waals surface area contributed by atoms with Gasteiger partial charge >= 0.3 is 0 Å². The molecule has 1 aromatic rings. The molecule has 0 unspecified atom stereocenters. The third-order valence-corrected chi connectivity index (χ3v) is 4.29. The third-order valence-electron chi connectivity index (χ3n) is 3.26. The Morgan fingerprint density at radius 1 is 1.19 bits per heavy atom. The van der Waals surface area contributed by atoms with E-state index in [1.807, 2.05) is 0 Å². The minimum atomic E-state index is -0.0594. The van der Waals surface area contributed by atoms with Crippen LogP contribution < -0.4 is 5.32 Å². The molecule has 3 nitrogen and oxygen atoms in total. The second-order valence-corrected chi connectivity index (χ2v) is 5.68. The second-order valence-electron chi connectivity index (χ2n) is 4.45. The van der Waals surface area contributed by atoms with Crippen molar-refractivity contribution in [2.75, 3.05) is 26.2 Å². The van der Waals surface area contributed by atoms with Crippen molar-refractivity contribution in [3.05, 3.63) is 32.8 Å². The molecule has 0 saturated carbocycles. The Labute approximate surface area is 152 Å². The van der Waals surface area contributed by atoms with Crippen LogP contribution in [0.1, 0.15) is 18.0 Å².